The van der Waals surface area contributed by atoms with Gasteiger partial charge in [-0.05, 0) is 36.1 Å². The van der Waals surface area contributed by atoms with Gasteiger partial charge in [0.1, 0.15) is 12.3 Å². The summed E-state index contributed by atoms with van der Waals surface area (Å²) in [6.07, 6.45) is 4.16. The van der Waals surface area contributed by atoms with Gasteiger partial charge < -0.3 is 20.2 Å². The number of oxazole rings is 1. The van der Waals surface area contributed by atoms with Gasteiger partial charge in [0.15, 0.2) is 5.69 Å². The van der Waals surface area contributed by atoms with E-state index in [1.807, 2.05) is 6.26 Å². The van der Waals surface area contributed by atoms with Crippen LogP contribution >= 0.6 is 23.4 Å². The Labute approximate surface area is 167 Å². The van der Waals surface area contributed by atoms with E-state index in [2.05, 4.69) is 10.3 Å². The molecule has 146 valence electrons. The van der Waals surface area contributed by atoms with Crippen LogP contribution in [0.5, 0.6) is 0 Å². The number of hydrogen-bond donors (Lipinski definition) is 2. The molecule has 2 rings (SSSR count). The fraction of sp³-hybridized carbons (Fsp3) is 0.389. The highest BCUT2D eigenvalue weighted by Crippen LogP contribution is 2.16. The number of carbonyl (C=O) groups is 2. The Kier molecular flexibility index (Phi) is 8.15. The molecule has 2 atom stereocenters. The van der Waals surface area contributed by atoms with Crippen molar-refractivity contribution in [2.45, 2.75) is 24.9 Å². The van der Waals surface area contributed by atoms with Gasteiger partial charge in [0.25, 0.3) is 5.91 Å². The number of methoxy groups -OCH3 is 1. The molecule has 0 saturated carbocycles. The first-order valence-electron chi connectivity index (χ1n) is 8.27. The van der Waals surface area contributed by atoms with Crippen molar-refractivity contribution >= 4 is 35.2 Å². The Balaban J connectivity index is 2.06. The van der Waals surface area contributed by atoms with Crippen LogP contribution in [0, 0.1) is 0 Å². The number of nitrogens with zero attached hydrogens (tertiary/aromatic N) is 1. The van der Waals surface area contributed by atoms with E-state index in [9.17, 15) is 9.59 Å². The van der Waals surface area contributed by atoms with Crippen LogP contribution in [0.3, 0.4) is 0 Å². The molecule has 27 heavy (non-hydrogen) atoms. The first-order chi connectivity index (χ1) is 12.9. The van der Waals surface area contributed by atoms with E-state index in [1.54, 1.807) is 36.0 Å². The monoisotopic (exact) mass is 411 g/mol. The van der Waals surface area contributed by atoms with E-state index in [1.165, 1.54) is 13.4 Å². The zero-order valence-corrected chi connectivity index (χ0v) is 16.7. The summed E-state index contributed by atoms with van der Waals surface area (Å²) >= 11 is 7.54. The number of nitrogens with one attached hydrogen (secondary N) is 1. The van der Waals surface area contributed by atoms with Crippen molar-refractivity contribution < 1.29 is 18.7 Å². The maximum atomic E-state index is 12.5. The largest absolute Gasteiger partial charge is 0.467 e. The van der Waals surface area contributed by atoms with Crippen molar-refractivity contribution in [2.24, 2.45) is 5.73 Å². The molecular weight excluding hydrogens is 390 g/mol. The first kappa shape index (κ1) is 21.3. The molecule has 0 fully saturated rings. The summed E-state index contributed by atoms with van der Waals surface area (Å²) in [4.78, 5) is 28.7. The quantitative estimate of drug-likeness (QED) is 0.610. The molecule has 1 amide bonds. The van der Waals surface area contributed by atoms with Gasteiger partial charge in [-0.25, -0.2) is 9.78 Å². The van der Waals surface area contributed by atoms with Crippen LogP contribution < -0.4 is 11.1 Å². The van der Waals surface area contributed by atoms with E-state index in [4.69, 9.17) is 26.5 Å². The number of nitrogens with two attached hydrogens (primary N) is 1. The summed E-state index contributed by atoms with van der Waals surface area (Å²) in [6.45, 7) is 0. The van der Waals surface area contributed by atoms with Gasteiger partial charge in [-0.2, -0.15) is 11.8 Å². The van der Waals surface area contributed by atoms with Crippen molar-refractivity contribution in [1.29, 1.82) is 0 Å². The van der Waals surface area contributed by atoms with Gasteiger partial charge in [-0.1, -0.05) is 23.7 Å². The molecule has 1 heterocycles. The Bertz CT molecular complexity index is 766. The Morgan fingerprint density at radius 1 is 1.37 bits per heavy atom. The molecule has 0 aliphatic rings. The zero-order chi connectivity index (χ0) is 19.8. The normalized spacial score (nSPS) is 13.0. The number of benzene rings is 1. The topological polar surface area (TPSA) is 107 Å². The molecule has 0 radical (unpaired) electrons. The Hall–Kier alpha value is -2.03. The molecule has 2 unspecified atom stereocenters. The third kappa shape index (κ3) is 6.27. The third-order valence-corrected chi connectivity index (χ3v) is 4.74. The van der Waals surface area contributed by atoms with Crippen molar-refractivity contribution in [1.82, 2.24) is 10.3 Å². The van der Waals surface area contributed by atoms with Crippen molar-refractivity contribution in [3.8, 4) is 0 Å². The molecule has 0 saturated heterocycles. The number of carbonyl (C=O) groups excluding carboxylic acids is 2. The number of hydrogen-bond acceptors (Lipinski definition) is 7. The average molecular weight is 412 g/mol. The van der Waals surface area contributed by atoms with Crippen LogP contribution in [0.2, 0.25) is 5.02 Å². The number of halogens is 1. The van der Waals surface area contributed by atoms with Crippen LogP contribution in [0.25, 0.3) is 0 Å². The van der Waals surface area contributed by atoms with Crippen LogP contribution in [0.4, 0.5) is 0 Å². The molecule has 0 aliphatic heterocycles. The van der Waals surface area contributed by atoms with Crippen molar-refractivity contribution in [3.63, 3.8) is 0 Å². The van der Waals surface area contributed by atoms with Crippen molar-refractivity contribution in [3.05, 3.63) is 52.7 Å². The molecule has 1 aromatic heterocycles. The second-order valence-electron chi connectivity index (χ2n) is 5.84. The van der Waals surface area contributed by atoms with Gasteiger partial charge in [-0.15, -0.1) is 0 Å². The minimum atomic E-state index is -0.867. The number of ether oxygens (including phenoxy) is 1. The lowest BCUT2D eigenvalue weighted by molar-refractivity contribution is -0.142. The predicted molar refractivity (Wildman–Crippen MR) is 105 cm³/mol. The summed E-state index contributed by atoms with van der Waals surface area (Å²) in [6, 6.07) is 5.74. The molecule has 9 heteroatoms. The predicted octanol–water partition coefficient (Wildman–Crippen LogP) is 2.60. The lowest BCUT2D eigenvalue weighted by Crippen LogP contribution is -2.43. The fourth-order valence-corrected chi connectivity index (χ4v) is 2.97. The third-order valence-electron chi connectivity index (χ3n) is 3.85. The molecule has 2 aromatic rings. The highest BCUT2D eigenvalue weighted by Gasteiger charge is 2.25. The second kappa shape index (κ2) is 10.3. The van der Waals surface area contributed by atoms with Gasteiger partial charge in [0.2, 0.25) is 5.89 Å². The van der Waals surface area contributed by atoms with Crippen LogP contribution in [0.15, 0.2) is 34.9 Å². The van der Waals surface area contributed by atoms with Gasteiger partial charge in [0, 0.05) is 11.4 Å². The number of esters is 1. The summed E-state index contributed by atoms with van der Waals surface area (Å²) < 4.78 is 10.1. The lowest BCUT2D eigenvalue weighted by Gasteiger charge is -2.16. The number of aromatic nitrogens is 1. The van der Waals surface area contributed by atoms with Crippen LogP contribution in [0.1, 0.15) is 34.4 Å². The summed E-state index contributed by atoms with van der Waals surface area (Å²) in [5.41, 5.74) is 6.89. The summed E-state index contributed by atoms with van der Waals surface area (Å²) in [5, 5.41) is 3.22. The standard InChI is InChI=1S/C18H22ClN3O4S/c1-25-18(24)14(9-11-3-5-12(19)6-4-11)21-16(23)15-10-26-17(22-15)13(20)7-8-27-2/h3-6,10,13-14H,7-9,20H2,1-2H3,(H,21,23). The molecule has 0 bridgehead atoms. The zero-order valence-electron chi connectivity index (χ0n) is 15.1. The van der Waals surface area contributed by atoms with E-state index < -0.39 is 17.9 Å². The van der Waals surface area contributed by atoms with E-state index in [0.717, 1.165) is 11.3 Å². The molecule has 7 nitrogen and oxygen atoms in total. The summed E-state index contributed by atoms with van der Waals surface area (Å²) in [7, 11) is 1.27. The van der Waals surface area contributed by atoms with E-state index in [0.29, 0.717) is 17.3 Å². The van der Waals surface area contributed by atoms with Crippen molar-refractivity contribution in [2.75, 3.05) is 19.1 Å². The first-order valence-corrected chi connectivity index (χ1v) is 10.0. The summed E-state index contributed by atoms with van der Waals surface area (Å²) in [5.74, 6) is 0.0583. The maximum Gasteiger partial charge on any atom is 0.328 e. The van der Waals surface area contributed by atoms with E-state index in [-0.39, 0.29) is 18.2 Å². The number of amides is 1. The van der Waals surface area contributed by atoms with Gasteiger partial charge in [0.05, 0.1) is 13.2 Å². The van der Waals surface area contributed by atoms with Crippen LogP contribution in [-0.2, 0) is 16.0 Å². The maximum absolute atomic E-state index is 12.5. The average Bonchev–Trinajstić information content (AvgIpc) is 3.17. The number of rotatable bonds is 9. The molecule has 0 spiro atoms. The second-order valence-corrected chi connectivity index (χ2v) is 7.26. The molecule has 1 aromatic carbocycles. The molecule has 0 aliphatic carbocycles. The number of thioether (sulfide) groups is 1. The SMILES string of the molecule is COC(=O)C(Cc1ccc(Cl)cc1)NC(=O)c1coc(C(N)CCSC)n1. The van der Waals surface area contributed by atoms with Gasteiger partial charge in [-0.3, -0.25) is 4.79 Å². The molecule has 3 N–H and O–H groups in total. The Morgan fingerprint density at radius 3 is 2.70 bits per heavy atom. The Morgan fingerprint density at radius 2 is 2.07 bits per heavy atom. The minimum absolute atomic E-state index is 0.0645. The van der Waals surface area contributed by atoms with E-state index >= 15 is 0 Å². The van der Waals surface area contributed by atoms with Gasteiger partial charge >= 0.3 is 5.97 Å². The minimum Gasteiger partial charge on any atom is -0.467 e. The lowest BCUT2D eigenvalue weighted by atomic mass is 10.1. The fourth-order valence-electron chi connectivity index (χ4n) is 2.35. The smallest absolute Gasteiger partial charge is 0.328 e. The molecular formula is C18H22ClN3O4S. The highest BCUT2D eigenvalue weighted by atomic mass is 35.5. The van der Waals surface area contributed by atoms with Crippen LogP contribution in [-0.4, -0.2) is 42.0 Å². The highest BCUT2D eigenvalue weighted by molar-refractivity contribution is 7.98.